The quantitative estimate of drug-likeness (QED) is 0.688. The van der Waals surface area contributed by atoms with Crippen molar-refractivity contribution in [1.29, 1.82) is 0 Å². The highest BCUT2D eigenvalue weighted by molar-refractivity contribution is 9.10. The summed E-state index contributed by atoms with van der Waals surface area (Å²) in [6.45, 7) is 7.22. The minimum atomic E-state index is -0.498. The average molecular weight is 479 g/mol. The van der Waals surface area contributed by atoms with Gasteiger partial charge in [-0.05, 0) is 67.7 Å². The Kier molecular flexibility index (Phi) is 5.34. The van der Waals surface area contributed by atoms with Gasteiger partial charge in [0.2, 0.25) is 0 Å². The Labute approximate surface area is 183 Å². The summed E-state index contributed by atoms with van der Waals surface area (Å²) in [5, 5.41) is 2.94. The van der Waals surface area contributed by atoms with Crippen molar-refractivity contribution < 1.29 is 18.7 Å². The van der Waals surface area contributed by atoms with Gasteiger partial charge in [0.05, 0.1) is 10.7 Å². The summed E-state index contributed by atoms with van der Waals surface area (Å²) < 4.78 is 25.1. The van der Waals surface area contributed by atoms with Gasteiger partial charge in [0, 0.05) is 24.5 Å². The number of hydrogen-bond acceptors (Lipinski definition) is 6. The first-order chi connectivity index (χ1) is 14.1. The van der Waals surface area contributed by atoms with Crippen LogP contribution in [-0.4, -0.2) is 40.8 Å². The lowest BCUT2D eigenvalue weighted by molar-refractivity contribution is 0.0212. The van der Waals surface area contributed by atoms with E-state index in [1.54, 1.807) is 12.3 Å². The van der Waals surface area contributed by atoms with E-state index in [0.29, 0.717) is 21.8 Å². The number of alkyl carbamates (subject to hydrolysis) is 1. The van der Waals surface area contributed by atoms with Crippen LogP contribution in [0.5, 0.6) is 11.5 Å². The van der Waals surface area contributed by atoms with Crippen LogP contribution in [0.15, 0.2) is 35.2 Å². The number of nitrogens with one attached hydrogen (secondary N) is 1. The van der Waals surface area contributed by atoms with E-state index in [9.17, 15) is 9.18 Å². The molecule has 0 unspecified atom stereocenters. The second-order valence-corrected chi connectivity index (χ2v) is 9.85. The number of halogens is 2. The highest BCUT2D eigenvalue weighted by Gasteiger charge is 2.53. The molecule has 2 aromatic rings. The molecule has 1 saturated heterocycles. The molecule has 0 atom stereocenters. The monoisotopic (exact) mass is 478 g/mol. The van der Waals surface area contributed by atoms with E-state index in [2.05, 4.69) is 36.1 Å². The van der Waals surface area contributed by atoms with Crippen LogP contribution in [0.4, 0.5) is 15.0 Å². The van der Waals surface area contributed by atoms with Gasteiger partial charge in [0.15, 0.2) is 11.6 Å². The Morgan fingerprint density at radius 2 is 2.03 bits per heavy atom. The van der Waals surface area contributed by atoms with Crippen molar-refractivity contribution in [2.45, 2.75) is 45.3 Å². The molecule has 1 N–H and O–H groups in total. The summed E-state index contributed by atoms with van der Waals surface area (Å²) in [6.07, 6.45) is 4.55. The van der Waals surface area contributed by atoms with E-state index in [4.69, 9.17) is 9.47 Å². The fourth-order valence-electron chi connectivity index (χ4n) is 4.03. The molecule has 2 heterocycles. The first-order valence-corrected chi connectivity index (χ1v) is 10.6. The third-order valence-corrected chi connectivity index (χ3v) is 5.82. The maximum Gasteiger partial charge on any atom is 0.407 e. The molecule has 0 radical (unpaired) electrons. The van der Waals surface area contributed by atoms with Crippen molar-refractivity contribution in [2.75, 3.05) is 18.0 Å². The number of benzene rings is 1. The second kappa shape index (κ2) is 7.68. The molecule has 1 saturated carbocycles. The minimum Gasteiger partial charge on any atom is -0.451 e. The number of rotatable bonds is 4. The Bertz CT molecular complexity index is 952. The summed E-state index contributed by atoms with van der Waals surface area (Å²) in [6, 6.07) is 4.39. The van der Waals surface area contributed by atoms with E-state index in [-0.39, 0.29) is 23.4 Å². The third kappa shape index (κ3) is 4.50. The molecule has 2 aliphatic rings. The average Bonchev–Trinajstić information content (AvgIpc) is 2.57. The number of anilines is 1. The predicted octanol–water partition coefficient (Wildman–Crippen LogP) is 4.66. The number of carbonyl (C=O) groups excluding carboxylic acids is 1. The van der Waals surface area contributed by atoms with Gasteiger partial charge in [-0.1, -0.05) is 0 Å². The molecule has 1 amide bonds. The Morgan fingerprint density at radius 3 is 2.70 bits per heavy atom. The molecule has 9 heteroatoms. The van der Waals surface area contributed by atoms with Crippen molar-refractivity contribution in [3.05, 3.63) is 41.0 Å². The number of hydrogen-bond donors (Lipinski definition) is 1. The van der Waals surface area contributed by atoms with Gasteiger partial charge in [-0.25, -0.2) is 19.2 Å². The number of carbonyl (C=O) groups is 1. The van der Waals surface area contributed by atoms with Crippen molar-refractivity contribution >= 4 is 27.8 Å². The smallest absolute Gasteiger partial charge is 0.407 e. The van der Waals surface area contributed by atoms with E-state index in [1.165, 1.54) is 18.5 Å². The molecule has 1 spiro atoms. The molecule has 1 aromatic heterocycles. The van der Waals surface area contributed by atoms with Gasteiger partial charge in [0.1, 0.15) is 23.5 Å². The largest absolute Gasteiger partial charge is 0.451 e. The number of nitrogens with zero attached hydrogens (tertiary/aromatic N) is 3. The lowest BCUT2D eigenvalue weighted by Crippen LogP contribution is -2.67. The molecule has 0 bridgehead atoms. The van der Waals surface area contributed by atoms with Crippen LogP contribution >= 0.6 is 15.9 Å². The highest BCUT2D eigenvalue weighted by Crippen LogP contribution is 2.50. The molecule has 1 aliphatic carbocycles. The Hall–Kier alpha value is -2.42. The zero-order chi connectivity index (χ0) is 21.5. The molecule has 4 rings (SSSR count). The van der Waals surface area contributed by atoms with Crippen molar-refractivity contribution in [1.82, 2.24) is 15.3 Å². The van der Waals surface area contributed by atoms with E-state index >= 15 is 0 Å². The van der Waals surface area contributed by atoms with Crippen LogP contribution < -0.4 is 15.0 Å². The Morgan fingerprint density at radius 1 is 1.30 bits per heavy atom. The summed E-state index contributed by atoms with van der Waals surface area (Å²) in [5.74, 6) is 1.37. The number of amides is 1. The summed E-state index contributed by atoms with van der Waals surface area (Å²) in [5.41, 5.74) is -0.319. The van der Waals surface area contributed by atoms with E-state index in [1.807, 2.05) is 20.8 Å². The van der Waals surface area contributed by atoms with Crippen LogP contribution in [0.2, 0.25) is 0 Å². The predicted molar refractivity (Wildman–Crippen MR) is 113 cm³/mol. The molecule has 7 nitrogen and oxygen atoms in total. The highest BCUT2D eigenvalue weighted by atomic mass is 79.9. The van der Waals surface area contributed by atoms with Crippen LogP contribution in [0.3, 0.4) is 0 Å². The first-order valence-electron chi connectivity index (χ1n) is 9.80. The van der Waals surface area contributed by atoms with Gasteiger partial charge in [-0.3, -0.25) is 0 Å². The maximum absolute atomic E-state index is 13.3. The van der Waals surface area contributed by atoms with Crippen molar-refractivity contribution in [2.24, 2.45) is 5.41 Å². The van der Waals surface area contributed by atoms with Crippen molar-refractivity contribution in [3.8, 4) is 11.5 Å². The fourth-order valence-corrected chi connectivity index (χ4v) is 4.46. The SMILES string of the molecule is CC(C)(C)OC(=O)NC1CC2(C1)CN(c1ncncc1Oc1ccc(F)cc1Br)C2. The number of aromatic nitrogens is 2. The first kappa shape index (κ1) is 20.8. The van der Waals surface area contributed by atoms with Gasteiger partial charge in [-0.2, -0.15) is 0 Å². The Balaban J connectivity index is 1.34. The van der Waals surface area contributed by atoms with Gasteiger partial charge < -0.3 is 19.7 Å². The molecule has 30 heavy (non-hydrogen) atoms. The minimum absolute atomic E-state index is 0.137. The third-order valence-electron chi connectivity index (χ3n) is 5.20. The summed E-state index contributed by atoms with van der Waals surface area (Å²) in [4.78, 5) is 22.5. The summed E-state index contributed by atoms with van der Waals surface area (Å²) in [7, 11) is 0. The van der Waals surface area contributed by atoms with E-state index in [0.717, 1.165) is 25.9 Å². The molecule has 2 fully saturated rings. The molecule has 1 aromatic carbocycles. The zero-order valence-corrected chi connectivity index (χ0v) is 18.7. The van der Waals surface area contributed by atoms with Gasteiger partial charge in [-0.15, -0.1) is 0 Å². The zero-order valence-electron chi connectivity index (χ0n) is 17.1. The number of ether oxygens (including phenoxy) is 2. The maximum atomic E-state index is 13.3. The van der Waals surface area contributed by atoms with Crippen molar-refractivity contribution in [3.63, 3.8) is 0 Å². The van der Waals surface area contributed by atoms with Crippen LogP contribution in [0.1, 0.15) is 33.6 Å². The van der Waals surface area contributed by atoms with Crippen LogP contribution in [0.25, 0.3) is 0 Å². The second-order valence-electron chi connectivity index (χ2n) is 8.99. The molecule has 160 valence electrons. The van der Waals surface area contributed by atoms with Crippen LogP contribution in [0, 0.1) is 11.2 Å². The topological polar surface area (TPSA) is 76.6 Å². The van der Waals surface area contributed by atoms with Gasteiger partial charge >= 0.3 is 6.09 Å². The van der Waals surface area contributed by atoms with E-state index < -0.39 is 5.60 Å². The molecular weight excluding hydrogens is 455 g/mol. The fraction of sp³-hybridized carbons (Fsp3) is 0.476. The van der Waals surface area contributed by atoms with Gasteiger partial charge in [0.25, 0.3) is 0 Å². The molecule has 1 aliphatic heterocycles. The summed E-state index contributed by atoms with van der Waals surface area (Å²) >= 11 is 3.32. The lowest BCUT2D eigenvalue weighted by atomic mass is 9.60. The van der Waals surface area contributed by atoms with Crippen LogP contribution in [-0.2, 0) is 4.74 Å². The normalized spacial score (nSPS) is 17.8. The lowest BCUT2D eigenvalue weighted by Gasteiger charge is -2.59. The standard InChI is InChI=1S/C21H24BrFN4O3/c1-20(2,3)30-19(28)26-14-7-21(8-14)10-27(11-21)18-17(9-24-12-25-18)29-16-5-4-13(23)6-15(16)22/h4-6,9,12,14H,7-8,10-11H2,1-3H3,(H,26,28). The molecular formula is C21H24BrFN4O3.